The number of aromatic nitrogens is 1. The van der Waals surface area contributed by atoms with Gasteiger partial charge >= 0.3 is 5.97 Å². The lowest BCUT2D eigenvalue weighted by atomic mass is 9.92. The van der Waals surface area contributed by atoms with Crippen molar-refractivity contribution >= 4 is 22.8 Å². The topological polar surface area (TPSA) is 70.5 Å². The van der Waals surface area contributed by atoms with Crippen LogP contribution >= 0.6 is 0 Å². The number of aliphatic carboxylic acids is 1. The van der Waals surface area contributed by atoms with Crippen LogP contribution in [0.15, 0.2) is 30.3 Å². The van der Waals surface area contributed by atoms with E-state index in [4.69, 9.17) is 5.11 Å². The molecule has 1 N–H and O–H groups in total. The van der Waals surface area contributed by atoms with Crippen LogP contribution in [0.4, 0.5) is 0 Å². The minimum Gasteiger partial charge on any atom is -0.481 e. The molecule has 1 aliphatic heterocycles. The molecule has 1 aromatic heterocycles. The van der Waals surface area contributed by atoms with Gasteiger partial charge in [-0.1, -0.05) is 18.2 Å². The van der Waals surface area contributed by atoms with Crippen molar-refractivity contribution in [3.8, 4) is 0 Å². The molecule has 126 valence electrons. The highest BCUT2D eigenvalue weighted by Crippen LogP contribution is 2.25. The predicted octanol–water partition coefficient (Wildman–Crippen LogP) is 3.26. The molecular formula is C19H22N2O3. The minimum atomic E-state index is -0.769. The lowest BCUT2D eigenvalue weighted by molar-refractivity contribution is -0.137. The molecule has 5 heteroatoms. The van der Waals surface area contributed by atoms with E-state index in [1.807, 2.05) is 42.2 Å². The number of fused-ring (bicyclic) bond motifs is 1. The van der Waals surface area contributed by atoms with Crippen LogP contribution in [0, 0.1) is 12.8 Å². The van der Waals surface area contributed by atoms with Crippen molar-refractivity contribution in [2.45, 2.75) is 32.6 Å². The van der Waals surface area contributed by atoms with Gasteiger partial charge < -0.3 is 10.0 Å². The molecule has 0 aliphatic carbocycles. The highest BCUT2D eigenvalue weighted by molar-refractivity contribution is 6.06. The zero-order valence-electron chi connectivity index (χ0n) is 13.9. The number of carboxylic acids is 1. The Kier molecular flexibility index (Phi) is 4.79. The SMILES string of the molecule is Cc1cc(C(=O)N2CCC[C@@H](CCC(=O)O)C2)c2ccccc2n1. The molecule has 0 saturated carbocycles. The summed E-state index contributed by atoms with van der Waals surface area (Å²) < 4.78 is 0. The zero-order chi connectivity index (χ0) is 17.1. The van der Waals surface area contributed by atoms with E-state index in [2.05, 4.69) is 4.98 Å². The standard InChI is InChI=1S/C19H22N2O3/c1-13-11-16(15-6-2-3-7-17(15)20-13)19(24)21-10-4-5-14(12-21)8-9-18(22)23/h2-3,6-7,11,14H,4-5,8-10,12H2,1H3,(H,22,23)/t14-/m0/s1. The number of amides is 1. The summed E-state index contributed by atoms with van der Waals surface area (Å²) in [6.45, 7) is 3.27. The first-order valence-corrected chi connectivity index (χ1v) is 8.42. The molecule has 1 aliphatic rings. The maximum absolute atomic E-state index is 13.0. The molecule has 1 aromatic carbocycles. The minimum absolute atomic E-state index is 0.0247. The Balaban J connectivity index is 1.82. The van der Waals surface area contributed by atoms with Gasteiger partial charge in [0, 0.05) is 30.6 Å². The molecule has 3 rings (SSSR count). The van der Waals surface area contributed by atoms with Gasteiger partial charge in [-0.25, -0.2) is 0 Å². The summed E-state index contributed by atoms with van der Waals surface area (Å²) >= 11 is 0. The number of hydrogen-bond donors (Lipinski definition) is 1. The van der Waals surface area contributed by atoms with Gasteiger partial charge in [-0.05, 0) is 44.2 Å². The number of carboxylic acid groups (broad SMARTS) is 1. The molecule has 5 nitrogen and oxygen atoms in total. The highest BCUT2D eigenvalue weighted by atomic mass is 16.4. The normalized spacial score (nSPS) is 17.9. The average molecular weight is 326 g/mol. The molecule has 1 amide bonds. The van der Waals surface area contributed by atoms with E-state index in [1.165, 1.54) is 0 Å². The number of hydrogen-bond acceptors (Lipinski definition) is 3. The van der Waals surface area contributed by atoms with Crippen molar-refractivity contribution in [1.82, 2.24) is 9.88 Å². The smallest absolute Gasteiger partial charge is 0.303 e. The summed E-state index contributed by atoms with van der Waals surface area (Å²) in [5.41, 5.74) is 2.36. The van der Waals surface area contributed by atoms with Gasteiger partial charge in [0.15, 0.2) is 0 Å². The molecular weight excluding hydrogens is 304 g/mol. The number of benzene rings is 1. The van der Waals surface area contributed by atoms with Crippen molar-refractivity contribution in [3.63, 3.8) is 0 Å². The number of piperidine rings is 1. The van der Waals surface area contributed by atoms with E-state index in [-0.39, 0.29) is 18.2 Å². The molecule has 0 spiro atoms. The van der Waals surface area contributed by atoms with Crippen LogP contribution in [0.2, 0.25) is 0 Å². The summed E-state index contributed by atoms with van der Waals surface area (Å²) in [5.74, 6) is -0.473. The van der Waals surface area contributed by atoms with E-state index >= 15 is 0 Å². The summed E-state index contributed by atoms with van der Waals surface area (Å²) in [6.07, 6.45) is 2.73. The lowest BCUT2D eigenvalue weighted by Gasteiger charge is -2.33. The quantitative estimate of drug-likeness (QED) is 0.936. The number of aryl methyl sites for hydroxylation is 1. The largest absolute Gasteiger partial charge is 0.481 e. The first-order chi connectivity index (χ1) is 11.5. The molecule has 1 atom stereocenters. The first kappa shape index (κ1) is 16.4. The summed E-state index contributed by atoms with van der Waals surface area (Å²) in [6, 6.07) is 9.55. The Morgan fingerprint density at radius 3 is 2.92 bits per heavy atom. The molecule has 2 aromatic rings. The number of carbonyl (C=O) groups is 2. The van der Waals surface area contributed by atoms with Crippen LogP contribution in [0.3, 0.4) is 0 Å². The fourth-order valence-corrected chi connectivity index (χ4v) is 3.47. The third kappa shape index (κ3) is 3.55. The van der Waals surface area contributed by atoms with E-state index in [0.717, 1.165) is 36.0 Å². The van der Waals surface area contributed by atoms with Gasteiger partial charge in [-0.2, -0.15) is 0 Å². The molecule has 0 bridgehead atoms. The fourth-order valence-electron chi connectivity index (χ4n) is 3.47. The van der Waals surface area contributed by atoms with Crippen LogP contribution < -0.4 is 0 Å². The van der Waals surface area contributed by atoms with Gasteiger partial charge in [0.25, 0.3) is 5.91 Å². The van der Waals surface area contributed by atoms with Crippen LogP contribution in [0.5, 0.6) is 0 Å². The van der Waals surface area contributed by atoms with Crippen LogP contribution in [-0.2, 0) is 4.79 Å². The number of para-hydroxylation sites is 1. The number of likely N-dealkylation sites (tertiary alicyclic amines) is 1. The molecule has 0 radical (unpaired) electrons. The van der Waals surface area contributed by atoms with Gasteiger partial charge in [0.2, 0.25) is 0 Å². The van der Waals surface area contributed by atoms with Crippen molar-refractivity contribution < 1.29 is 14.7 Å². The van der Waals surface area contributed by atoms with E-state index < -0.39 is 5.97 Å². The number of carbonyl (C=O) groups excluding carboxylic acids is 1. The number of nitrogens with zero attached hydrogens (tertiary/aromatic N) is 2. The van der Waals surface area contributed by atoms with Crippen LogP contribution in [0.1, 0.15) is 41.7 Å². The fraction of sp³-hybridized carbons (Fsp3) is 0.421. The Morgan fingerprint density at radius 2 is 2.12 bits per heavy atom. The summed E-state index contributed by atoms with van der Waals surface area (Å²) in [5, 5.41) is 9.73. The molecule has 0 unspecified atom stereocenters. The lowest BCUT2D eigenvalue weighted by Crippen LogP contribution is -2.40. The second-order valence-corrected chi connectivity index (χ2v) is 6.52. The second-order valence-electron chi connectivity index (χ2n) is 6.52. The van der Waals surface area contributed by atoms with Gasteiger partial charge in [-0.15, -0.1) is 0 Å². The Hall–Kier alpha value is -2.43. The Bertz CT molecular complexity index is 772. The maximum Gasteiger partial charge on any atom is 0.303 e. The van der Waals surface area contributed by atoms with Crippen LogP contribution in [-0.4, -0.2) is 40.0 Å². The van der Waals surface area contributed by atoms with Gasteiger partial charge in [-0.3, -0.25) is 14.6 Å². The van der Waals surface area contributed by atoms with Crippen molar-refractivity contribution in [3.05, 3.63) is 41.6 Å². The molecule has 1 saturated heterocycles. The van der Waals surface area contributed by atoms with Crippen molar-refractivity contribution in [2.75, 3.05) is 13.1 Å². The Labute approximate surface area is 141 Å². The number of pyridine rings is 1. The molecule has 24 heavy (non-hydrogen) atoms. The Morgan fingerprint density at radius 1 is 1.33 bits per heavy atom. The molecule has 1 fully saturated rings. The first-order valence-electron chi connectivity index (χ1n) is 8.42. The molecule has 2 heterocycles. The van der Waals surface area contributed by atoms with E-state index in [1.54, 1.807) is 0 Å². The number of rotatable bonds is 4. The maximum atomic E-state index is 13.0. The monoisotopic (exact) mass is 326 g/mol. The van der Waals surface area contributed by atoms with Crippen molar-refractivity contribution in [2.24, 2.45) is 5.92 Å². The zero-order valence-corrected chi connectivity index (χ0v) is 13.9. The van der Waals surface area contributed by atoms with Crippen LogP contribution in [0.25, 0.3) is 10.9 Å². The summed E-state index contributed by atoms with van der Waals surface area (Å²) in [7, 11) is 0. The van der Waals surface area contributed by atoms with E-state index in [0.29, 0.717) is 18.5 Å². The second kappa shape index (κ2) is 6.99. The third-order valence-electron chi connectivity index (χ3n) is 4.65. The highest BCUT2D eigenvalue weighted by Gasteiger charge is 2.26. The summed E-state index contributed by atoms with van der Waals surface area (Å²) in [4.78, 5) is 30.2. The van der Waals surface area contributed by atoms with Gasteiger partial charge in [0.05, 0.1) is 11.1 Å². The third-order valence-corrected chi connectivity index (χ3v) is 4.65. The average Bonchev–Trinajstić information content (AvgIpc) is 2.58. The predicted molar refractivity (Wildman–Crippen MR) is 92.0 cm³/mol. The van der Waals surface area contributed by atoms with E-state index in [9.17, 15) is 9.59 Å². The van der Waals surface area contributed by atoms with Crippen molar-refractivity contribution in [1.29, 1.82) is 0 Å². The van der Waals surface area contributed by atoms with Gasteiger partial charge in [0.1, 0.15) is 0 Å².